The van der Waals surface area contributed by atoms with Gasteiger partial charge in [-0.05, 0) is 44.2 Å². The Morgan fingerprint density at radius 1 is 1.28 bits per heavy atom. The maximum Gasteiger partial charge on any atom is 0.124 e. The minimum atomic E-state index is 0.308. The summed E-state index contributed by atoms with van der Waals surface area (Å²) in [6.07, 6.45) is 1.25. The van der Waals surface area contributed by atoms with E-state index in [-0.39, 0.29) is 0 Å². The van der Waals surface area contributed by atoms with Gasteiger partial charge in [0.15, 0.2) is 0 Å². The molecule has 102 valence electrons. The molecule has 0 radical (unpaired) electrons. The Bertz CT molecular complexity index is 366. The molecule has 0 spiro atoms. The van der Waals surface area contributed by atoms with E-state index in [4.69, 9.17) is 4.74 Å². The molecule has 1 rings (SSSR count). The molecule has 0 bridgehead atoms. The molecule has 3 heteroatoms. The molecular formula is C15H25NOS. The van der Waals surface area contributed by atoms with Crippen molar-refractivity contribution in [2.24, 2.45) is 5.92 Å². The van der Waals surface area contributed by atoms with Crippen molar-refractivity contribution in [3.63, 3.8) is 0 Å². The van der Waals surface area contributed by atoms with Crippen LogP contribution in [0.25, 0.3) is 0 Å². The minimum absolute atomic E-state index is 0.308. The second-order valence-corrected chi connectivity index (χ2v) is 6.05. The van der Waals surface area contributed by atoms with Crippen LogP contribution in [0.2, 0.25) is 0 Å². The van der Waals surface area contributed by atoms with Crippen molar-refractivity contribution in [1.82, 2.24) is 5.32 Å². The fraction of sp³-hybridized carbons (Fsp3) is 0.600. The quantitative estimate of drug-likeness (QED) is 0.751. The van der Waals surface area contributed by atoms with E-state index in [9.17, 15) is 0 Å². The molecule has 0 saturated carbocycles. The van der Waals surface area contributed by atoms with Gasteiger partial charge < -0.3 is 10.1 Å². The third kappa shape index (κ3) is 4.21. The fourth-order valence-electron chi connectivity index (χ4n) is 1.80. The summed E-state index contributed by atoms with van der Waals surface area (Å²) in [5, 5.41) is 3.30. The largest absolute Gasteiger partial charge is 0.496 e. The van der Waals surface area contributed by atoms with Gasteiger partial charge in [0.25, 0.3) is 0 Å². The van der Waals surface area contributed by atoms with Gasteiger partial charge in [0.2, 0.25) is 0 Å². The highest BCUT2D eigenvalue weighted by Crippen LogP contribution is 2.35. The lowest BCUT2D eigenvalue weighted by atomic mass is 10.1. The van der Waals surface area contributed by atoms with Gasteiger partial charge in [0, 0.05) is 16.5 Å². The van der Waals surface area contributed by atoms with Gasteiger partial charge in [-0.3, -0.25) is 0 Å². The Morgan fingerprint density at radius 2 is 2.00 bits per heavy atom. The average molecular weight is 267 g/mol. The summed E-state index contributed by atoms with van der Waals surface area (Å²) in [7, 11) is 3.73. The molecule has 0 aliphatic carbocycles. The molecule has 0 fully saturated rings. The van der Waals surface area contributed by atoms with Crippen molar-refractivity contribution in [3.05, 3.63) is 23.8 Å². The highest BCUT2D eigenvalue weighted by Gasteiger charge is 2.14. The second kappa shape index (κ2) is 7.70. The van der Waals surface area contributed by atoms with E-state index in [1.54, 1.807) is 7.11 Å². The third-order valence-electron chi connectivity index (χ3n) is 3.06. The first-order valence-corrected chi connectivity index (χ1v) is 7.55. The van der Waals surface area contributed by atoms with Crippen molar-refractivity contribution in [2.75, 3.05) is 19.9 Å². The predicted molar refractivity (Wildman–Crippen MR) is 80.6 cm³/mol. The van der Waals surface area contributed by atoms with Crippen molar-refractivity contribution in [1.29, 1.82) is 0 Å². The molecule has 1 unspecified atom stereocenters. The van der Waals surface area contributed by atoms with Crippen LogP contribution in [0, 0.1) is 5.92 Å². The zero-order chi connectivity index (χ0) is 13.5. The molecule has 0 amide bonds. The van der Waals surface area contributed by atoms with Crippen LogP contribution in [0.3, 0.4) is 0 Å². The van der Waals surface area contributed by atoms with E-state index < -0.39 is 0 Å². The van der Waals surface area contributed by atoms with E-state index in [0.717, 1.165) is 17.4 Å². The molecule has 0 heterocycles. The fourth-order valence-corrected chi connectivity index (χ4v) is 3.22. The van der Waals surface area contributed by atoms with Crippen molar-refractivity contribution < 1.29 is 4.74 Å². The summed E-state index contributed by atoms with van der Waals surface area (Å²) in [5.41, 5.74) is 1.27. The van der Waals surface area contributed by atoms with Gasteiger partial charge >= 0.3 is 0 Å². The van der Waals surface area contributed by atoms with Crippen LogP contribution in [0.4, 0.5) is 0 Å². The molecule has 18 heavy (non-hydrogen) atoms. The number of rotatable bonds is 7. The zero-order valence-electron chi connectivity index (χ0n) is 12.1. The highest BCUT2D eigenvalue weighted by molar-refractivity contribution is 7.99. The molecule has 2 nitrogen and oxygen atoms in total. The summed E-state index contributed by atoms with van der Waals surface area (Å²) in [5.74, 6) is 2.90. The van der Waals surface area contributed by atoms with Gasteiger partial charge in [-0.1, -0.05) is 19.9 Å². The first-order chi connectivity index (χ1) is 8.60. The van der Waals surface area contributed by atoms with E-state index >= 15 is 0 Å². The minimum Gasteiger partial charge on any atom is -0.496 e. The molecule has 1 aromatic rings. The summed E-state index contributed by atoms with van der Waals surface area (Å²) in [6.45, 7) is 6.71. The number of benzene rings is 1. The molecule has 1 atom stereocenters. The zero-order valence-corrected chi connectivity index (χ0v) is 12.9. The number of ether oxygens (including phenoxy) is 1. The number of hydrogen-bond donors (Lipinski definition) is 1. The smallest absolute Gasteiger partial charge is 0.124 e. The molecule has 0 saturated heterocycles. The summed E-state index contributed by atoms with van der Waals surface area (Å²) < 4.78 is 5.48. The van der Waals surface area contributed by atoms with E-state index in [1.807, 2.05) is 24.9 Å². The molecular weight excluding hydrogens is 242 g/mol. The number of thioether (sulfide) groups is 1. The first-order valence-electron chi connectivity index (χ1n) is 6.57. The number of nitrogens with one attached hydrogen (secondary N) is 1. The van der Waals surface area contributed by atoms with Crippen LogP contribution >= 0.6 is 11.8 Å². The Hall–Kier alpha value is -0.670. The van der Waals surface area contributed by atoms with Crippen molar-refractivity contribution >= 4 is 11.8 Å². The maximum absolute atomic E-state index is 5.48. The lowest BCUT2D eigenvalue weighted by molar-refractivity contribution is 0.401. The molecule has 0 aliphatic rings. The summed E-state index contributed by atoms with van der Waals surface area (Å²) in [4.78, 5) is 1.33. The van der Waals surface area contributed by atoms with Gasteiger partial charge in [-0.2, -0.15) is 0 Å². The van der Waals surface area contributed by atoms with Gasteiger partial charge in [0.05, 0.1) is 7.11 Å². The highest BCUT2D eigenvalue weighted by atomic mass is 32.2. The van der Waals surface area contributed by atoms with Crippen LogP contribution in [0.5, 0.6) is 5.75 Å². The Balaban J connectivity index is 2.88. The van der Waals surface area contributed by atoms with Crippen LogP contribution < -0.4 is 10.1 Å². The van der Waals surface area contributed by atoms with E-state index in [2.05, 4.69) is 38.2 Å². The van der Waals surface area contributed by atoms with Crippen molar-refractivity contribution in [3.8, 4) is 5.75 Å². The van der Waals surface area contributed by atoms with Crippen LogP contribution in [0.1, 0.15) is 38.8 Å². The van der Waals surface area contributed by atoms with Crippen LogP contribution in [-0.2, 0) is 0 Å². The lowest BCUT2D eigenvalue weighted by Crippen LogP contribution is -2.14. The third-order valence-corrected chi connectivity index (χ3v) is 4.17. The predicted octanol–water partition coefficient (Wildman–Crippen LogP) is 4.11. The van der Waals surface area contributed by atoms with Crippen molar-refractivity contribution in [2.45, 2.75) is 38.1 Å². The lowest BCUT2D eigenvalue weighted by Gasteiger charge is -2.19. The standard InChI is InChI=1S/C15H25NOS/c1-11(2)9-10-18-14-8-6-7-13(17-5)15(14)12(3)16-4/h6-8,11-12,16H,9-10H2,1-5H3. The Labute approximate surface area is 116 Å². The monoisotopic (exact) mass is 267 g/mol. The van der Waals surface area contributed by atoms with Gasteiger partial charge in [-0.15, -0.1) is 11.8 Å². The number of methoxy groups -OCH3 is 1. The van der Waals surface area contributed by atoms with E-state index in [1.165, 1.54) is 16.9 Å². The summed E-state index contributed by atoms with van der Waals surface area (Å²) >= 11 is 1.93. The second-order valence-electron chi connectivity index (χ2n) is 4.91. The van der Waals surface area contributed by atoms with Gasteiger partial charge in [-0.25, -0.2) is 0 Å². The first kappa shape index (κ1) is 15.4. The average Bonchev–Trinajstić information content (AvgIpc) is 2.37. The normalized spacial score (nSPS) is 12.8. The summed E-state index contributed by atoms with van der Waals surface area (Å²) in [6, 6.07) is 6.61. The SMILES string of the molecule is CNC(C)c1c(OC)cccc1SCCC(C)C. The maximum atomic E-state index is 5.48. The van der Waals surface area contributed by atoms with Crippen LogP contribution in [0.15, 0.2) is 23.1 Å². The molecule has 1 aromatic carbocycles. The van der Waals surface area contributed by atoms with E-state index in [0.29, 0.717) is 6.04 Å². The topological polar surface area (TPSA) is 21.3 Å². The number of hydrogen-bond acceptors (Lipinski definition) is 3. The molecule has 0 aliphatic heterocycles. The Kier molecular flexibility index (Phi) is 6.58. The molecule has 1 N–H and O–H groups in total. The molecule has 0 aromatic heterocycles. The van der Waals surface area contributed by atoms with Gasteiger partial charge in [0.1, 0.15) is 5.75 Å². The van der Waals surface area contributed by atoms with Crippen LogP contribution in [-0.4, -0.2) is 19.9 Å². The Morgan fingerprint density at radius 3 is 2.56 bits per heavy atom.